The Hall–Kier alpha value is -1.73. The first-order valence-electron chi connectivity index (χ1n) is 6.40. The fourth-order valence-corrected chi connectivity index (χ4v) is 2.57. The Morgan fingerprint density at radius 2 is 1.90 bits per heavy atom. The molecule has 0 saturated carbocycles. The van der Waals surface area contributed by atoms with Gasteiger partial charge >= 0.3 is 0 Å². The molecule has 0 atom stereocenters. The van der Waals surface area contributed by atoms with E-state index >= 15 is 0 Å². The molecule has 0 spiro atoms. The predicted molar refractivity (Wildman–Crippen MR) is 79.1 cm³/mol. The first-order valence-corrected chi connectivity index (χ1v) is 7.22. The molecule has 0 bridgehead atoms. The summed E-state index contributed by atoms with van der Waals surface area (Å²) in [5, 5.41) is 0.660. The lowest BCUT2D eigenvalue weighted by atomic mass is 10.2. The van der Waals surface area contributed by atoms with Crippen molar-refractivity contribution in [2.24, 2.45) is 5.84 Å². The largest absolute Gasteiger partial charge is 0.308 e. The van der Waals surface area contributed by atoms with Gasteiger partial charge in [-0.05, 0) is 25.1 Å². The highest BCUT2D eigenvalue weighted by Crippen LogP contribution is 2.32. The predicted octanol–water partition coefficient (Wildman–Crippen LogP) is 3.62. The summed E-state index contributed by atoms with van der Waals surface area (Å²) in [6, 6.07) is 3.75. The minimum absolute atomic E-state index is 0.127. The Kier molecular flexibility index (Phi) is 4.74. The Morgan fingerprint density at radius 3 is 2.48 bits per heavy atom. The minimum atomic E-state index is -0.882. The Labute approximate surface area is 126 Å². The van der Waals surface area contributed by atoms with Crippen LogP contribution in [0, 0.1) is 18.6 Å². The van der Waals surface area contributed by atoms with Crippen LogP contribution in [-0.2, 0) is 0 Å². The lowest BCUT2D eigenvalue weighted by Gasteiger charge is -2.13. The first-order chi connectivity index (χ1) is 9.92. The zero-order valence-electron chi connectivity index (χ0n) is 11.9. The summed E-state index contributed by atoms with van der Waals surface area (Å²) in [5.41, 5.74) is 3.30. The van der Waals surface area contributed by atoms with Crippen LogP contribution in [0.3, 0.4) is 0 Å². The maximum Gasteiger partial charge on any atom is 0.159 e. The summed E-state index contributed by atoms with van der Waals surface area (Å²) in [6.07, 6.45) is 0. The number of hydrogen-bond acceptors (Lipinski definition) is 5. The number of nitrogens with two attached hydrogens (primary N) is 1. The van der Waals surface area contributed by atoms with Crippen molar-refractivity contribution in [1.29, 1.82) is 0 Å². The van der Waals surface area contributed by atoms with Crippen molar-refractivity contribution >= 4 is 17.6 Å². The van der Waals surface area contributed by atoms with Crippen LogP contribution in [0.2, 0.25) is 0 Å². The molecule has 1 aromatic heterocycles. The van der Waals surface area contributed by atoms with E-state index in [0.29, 0.717) is 21.6 Å². The Balaban J connectivity index is 2.42. The zero-order chi connectivity index (χ0) is 15.6. The summed E-state index contributed by atoms with van der Waals surface area (Å²) in [7, 11) is 0. The van der Waals surface area contributed by atoms with Crippen molar-refractivity contribution in [2.75, 3.05) is 5.43 Å². The molecule has 3 N–H and O–H groups in total. The van der Waals surface area contributed by atoms with Crippen molar-refractivity contribution in [3.63, 3.8) is 0 Å². The smallest absolute Gasteiger partial charge is 0.159 e. The average molecular weight is 310 g/mol. The molecule has 0 amide bonds. The number of anilines is 1. The van der Waals surface area contributed by atoms with E-state index in [1.54, 1.807) is 0 Å². The molecule has 0 unspecified atom stereocenters. The normalized spacial score (nSPS) is 11.0. The van der Waals surface area contributed by atoms with Crippen LogP contribution < -0.4 is 11.3 Å². The molecule has 7 heteroatoms. The molecule has 112 valence electrons. The third kappa shape index (κ3) is 3.48. The molecule has 0 aliphatic heterocycles. The highest BCUT2D eigenvalue weighted by atomic mass is 32.2. The summed E-state index contributed by atoms with van der Waals surface area (Å²) in [4.78, 5) is 9.36. The van der Waals surface area contributed by atoms with Gasteiger partial charge < -0.3 is 5.43 Å². The lowest BCUT2D eigenvalue weighted by molar-refractivity contribution is 0.506. The van der Waals surface area contributed by atoms with Gasteiger partial charge in [-0.1, -0.05) is 25.6 Å². The zero-order valence-corrected chi connectivity index (χ0v) is 12.8. The topological polar surface area (TPSA) is 63.8 Å². The van der Waals surface area contributed by atoms with Crippen molar-refractivity contribution in [3.05, 3.63) is 41.2 Å². The first kappa shape index (κ1) is 15.7. The van der Waals surface area contributed by atoms with E-state index in [4.69, 9.17) is 5.84 Å². The van der Waals surface area contributed by atoms with Gasteiger partial charge in [0, 0.05) is 16.4 Å². The third-order valence-electron chi connectivity index (χ3n) is 2.88. The summed E-state index contributed by atoms with van der Waals surface area (Å²) in [6.45, 7) is 5.76. The lowest BCUT2D eigenvalue weighted by Crippen LogP contribution is -2.13. The summed E-state index contributed by atoms with van der Waals surface area (Å²) in [5.74, 6) is 5.01. The van der Waals surface area contributed by atoms with Crippen LogP contribution in [0.4, 0.5) is 14.6 Å². The molecule has 2 rings (SSSR count). The number of rotatable bonds is 4. The van der Waals surface area contributed by atoms with E-state index in [2.05, 4.69) is 15.4 Å². The number of aromatic nitrogens is 2. The van der Waals surface area contributed by atoms with Crippen LogP contribution in [0.1, 0.15) is 31.2 Å². The highest BCUT2D eigenvalue weighted by Gasteiger charge is 2.14. The molecular weight excluding hydrogens is 294 g/mol. The van der Waals surface area contributed by atoms with Crippen LogP contribution in [-0.4, -0.2) is 9.97 Å². The molecule has 1 aromatic carbocycles. The molecule has 0 saturated heterocycles. The van der Waals surface area contributed by atoms with E-state index in [-0.39, 0.29) is 5.92 Å². The molecular formula is C14H16F2N4S. The molecule has 2 aromatic rings. The summed E-state index contributed by atoms with van der Waals surface area (Å²) < 4.78 is 26.3. The molecule has 21 heavy (non-hydrogen) atoms. The van der Waals surface area contributed by atoms with Crippen molar-refractivity contribution in [3.8, 4) is 0 Å². The maximum absolute atomic E-state index is 13.3. The number of benzene rings is 1. The molecule has 0 radical (unpaired) electrons. The maximum atomic E-state index is 13.3. The molecule has 0 fully saturated rings. The van der Waals surface area contributed by atoms with E-state index in [9.17, 15) is 8.78 Å². The third-order valence-corrected chi connectivity index (χ3v) is 3.96. The van der Waals surface area contributed by atoms with Crippen LogP contribution >= 0.6 is 11.8 Å². The number of nitrogen functional groups attached to an aromatic ring is 1. The second-order valence-corrected chi connectivity index (χ2v) is 5.90. The van der Waals surface area contributed by atoms with Crippen LogP contribution in [0.5, 0.6) is 0 Å². The quantitative estimate of drug-likeness (QED) is 0.513. The van der Waals surface area contributed by atoms with Gasteiger partial charge in [0.15, 0.2) is 11.6 Å². The van der Waals surface area contributed by atoms with E-state index < -0.39 is 11.6 Å². The van der Waals surface area contributed by atoms with Gasteiger partial charge in [0.1, 0.15) is 16.7 Å². The standard InChI is InChI=1S/C14H16F2N4S/c1-7(2)12-18-13(20-17)8(3)14(19-12)21-9-4-5-10(15)11(16)6-9/h4-7H,17H2,1-3H3,(H,18,19,20). The molecule has 0 aliphatic carbocycles. The van der Waals surface area contributed by atoms with Crippen LogP contribution in [0.15, 0.2) is 28.1 Å². The van der Waals surface area contributed by atoms with Gasteiger partial charge in [-0.15, -0.1) is 0 Å². The molecule has 1 heterocycles. The fourth-order valence-electron chi connectivity index (χ4n) is 1.66. The van der Waals surface area contributed by atoms with E-state index in [1.807, 2.05) is 20.8 Å². The number of nitrogens with one attached hydrogen (secondary N) is 1. The summed E-state index contributed by atoms with van der Waals surface area (Å²) >= 11 is 1.24. The van der Waals surface area contributed by atoms with Crippen LogP contribution in [0.25, 0.3) is 0 Å². The second-order valence-electron chi connectivity index (χ2n) is 4.84. The van der Waals surface area contributed by atoms with E-state index in [1.165, 1.54) is 17.8 Å². The van der Waals surface area contributed by atoms with Gasteiger partial charge in [-0.3, -0.25) is 0 Å². The number of hydrogen-bond donors (Lipinski definition) is 2. The van der Waals surface area contributed by atoms with E-state index in [0.717, 1.165) is 17.7 Å². The highest BCUT2D eigenvalue weighted by molar-refractivity contribution is 7.99. The minimum Gasteiger partial charge on any atom is -0.308 e. The van der Waals surface area contributed by atoms with Gasteiger partial charge in [0.2, 0.25) is 0 Å². The SMILES string of the molecule is Cc1c(NN)nc(C(C)C)nc1Sc1ccc(F)c(F)c1. The van der Waals surface area contributed by atoms with Gasteiger partial charge in [0.05, 0.1) is 0 Å². The molecule has 4 nitrogen and oxygen atoms in total. The van der Waals surface area contributed by atoms with Crippen molar-refractivity contribution in [1.82, 2.24) is 9.97 Å². The molecule has 0 aliphatic rings. The Morgan fingerprint density at radius 1 is 1.19 bits per heavy atom. The number of halogens is 2. The average Bonchev–Trinajstić information content (AvgIpc) is 2.44. The van der Waals surface area contributed by atoms with Crippen molar-refractivity contribution in [2.45, 2.75) is 36.6 Å². The second kappa shape index (κ2) is 6.36. The van der Waals surface area contributed by atoms with Gasteiger partial charge in [0.25, 0.3) is 0 Å². The number of hydrazine groups is 1. The monoisotopic (exact) mass is 310 g/mol. The van der Waals surface area contributed by atoms with Gasteiger partial charge in [-0.2, -0.15) is 0 Å². The van der Waals surface area contributed by atoms with Crippen molar-refractivity contribution < 1.29 is 8.78 Å². The van der Waals surface area contributed by atoms with Gasteiger partial charge in [-0.25, -0.2) is 24.6 Å². The fraction of sp³-hybridized carbons (Fsp3) is 0.286. The number of nitrogens with zero attached hydrogens (tertiary/aromatic N) is 2. The Bertz CT molecular complexity index is 662.